The summed E-state index contributed by atoms with van der Waals surface area (Å²) in [6, 6.07) is 4.75. The van der Waals surface area contributed by atoms with Crippen LogP contribution in [0.1, 0.15) is 20.8 Å². The van der Waals surface area contributed by atoms with Gasteiger partial charge in [-0.25, -0.2) is 13.2 Å². The molecule has 10 heteroatoms. The van der Waals surface area contributed by atoms with E-state index in [-0.39, 0.29) is 36.8 Å². The molecular weight excluding hydrogens is 350 g/mol. The molecule has 0 spiro atoms. The lowest BCUT2D eigenvalue weighted by Gasteiger charge is -2.34. The number of carbonyl (C=O) groups excluding carboxylic acids is 1. The van der Waals surface area contributed by atoms with E-state index in [0.717, 1.165) is 12.1 Å². The Labute approximate surface area is 146 Å². The lowest BCUT2D eigenvalue weighted by Crippen LogP contribution is -2.51. The molecule has 1 aromatic rings. The maximum atomic E-state index is 12.6. The van der Waals surface area contributed by atoms with Gasteiger partial charge in [-0.2, -0.15) is 4.31 Å². The zero-order valence-corrected chi connectivity index (χ0v) is 15.2. The van der Waals surface area contributed by atoms with Crippen LogP contribution in [0.3, 0.4) is 0 Å². The van der Waals surface area contributed by atoms with E-state index in [9.17, 15) is 23.3 Å². The Morgan fingerprint density at radius 2 is 1.64 bits per heavy atom. The van der Waals surface area contributed by atoms with E-state index in [4.69, 9.17) is 4.74 Å². The topological polar surface area (TPSA) is 110 Å². The van der Waals surface area contributed by atoms with Gasteiger partial charge in [-0.3, -0.25) is 10.1 Å². The zero-order chi connectivity index (χ0) is 18.8. The van der Waals surface area contributed by atoms with E-state index in [2.05, 4.69) is 0 Å². The summed E-state index contributed by atoms with van der Waals surface area (Å²) in [7, 11) is -3.76. The van der Waals surface area contributed by atoms with Crippen LogP contribution < -0.4 is 0 Å². The van der Waals surface area contributed by atoms with E-state index in [1.54, 1.807) is 20.8 Å². The van der Waals surface area contributed by atoms with E-state index < -0.39 is 26.6 Å². The normalized spacial score (nSPS) is 16.5. The Morgan fingerprint density at radius 3 is 2.08 bits per heavy atom. The van der Waals surface area contributed by atoms with Crippen molar-refractivity contribution in [2.75, 3.05) is 26.2 Å². The van der Waals surface area contributed by atoms with Crippen molar-refractivity contribution in [3.05, 3.63) is 34.4 Å². The molecule has 9 nitrogen and oxygen atoms in total. The summed E-state index contributed by atoms with van der Waals surface area (Å²) in [4.78, 5) is 23.5. The van der Waals surface area contributed by atoms with Crippen molar-refractivity contribution in [3.8, 4) is 0 Å². The number of sulfonamides is 1. The molecule has 1 aliphatic rings. The largest absolute Gasteiger partial charge is 0.444 e. The number of rotatable bonds is 3. The highest BCUT2D eigenvalue weighted by molar-refractivity contribution is 7.89. The number of amides is 1. The number of hydrogen-bond acceptors (Lipinski definition) is 6. The molecule has 0 saturated carbocycles. The predicted octanol–water partition coefficient (Wildman–Crippen LogP) is 1.84. The average Bonchev–Trinajstić information content (AvgIpc) is 2.53. The SMILES string of the molecule is CC(C)(C)OC(=O)N1CCN(S(=O)(=O)c2ccc([N+](=O)[O-])cc2)CC1. The lowest BCUT2D eigenvalue weighted by molar-refractivity contribution is -0.384. The van der Waals surface area contributed by atoms with Gasteiger partial charge in [0.15, 0.2) is 0 Å². The van der Waals surface area contributed by atoms with Crippen LogP contribution in [0.25, 0.3) is 0 Å². The third kappa shape index (κ3) is 4.67. The molecule has 0 radical (unpaired) electrons. The van der Waals surface area contributed by atoms with Gasteiger partial charge in [0.2, 0.25) is 10.0 Å². The summed E-state index contributed by atoms with van der Waals surface area (Å²) in [5.41, 5.74) is -0.785. The molecule has 0 unspecified atom stereocenters. The van der Waals surface area contributed by atoms with Gasteiger partial charge in [0.1, 0.15) is 5.60 Å². The second-order valence-electron chi connectivity index (χ2n) is 6.62. The fourth-order valence-corrected chi connectivity index (χ4v) is 3.75. The number of carbonyl (C=O) groups is 1. The standard InChI is InChI=1S/C15H21N3O6S/c1-15(2,3)24-14(19)16-8-10-17(11-9-16)25(22,23)13-6-4-12(5-7-13)18(20)21/h4-7H,8-11H2,1-3H3. The van der Waals surface area contributed by atoms with Crippen LogP contribution in [0.15, 0.2) is 29.2 Å². The highest BCUT2D eigenvalue weighted by Crippen LogP contribution is 2.21. The zero-order valence-electron chi connectivity index (χ0n) is 14.3. The van der Waals surface area contributed by atoms with Gasteiger partial charge in [-0.15, -0.1) is 0 Å². The first-order chi connectivity index (χ1) is 11.5. The number of nitrogens with zero attached hydrogens (tertiary/aromatic N) is 3. The quantitative estimate of drug-likeness (QED) is 0.592. The predicted molar refractivity (Wildman–Crippen MR) is 89.7 cm³/mol. The van der Waals surface area contributed by atoms with Crippen molar-refractivity contribution in [2.45, 2.75) is 31.3 Å². The summed E-state index contributed by atoms with van der Waals surface area (Å²) in [6.45, 7) is 6.01. The molecule has 0 N–H and O–H groups in total. The fraction of sp³-hybridized carbons (Fsp3) is 0.533. The number of nitro groups is 1. The Bertz CT molecular complexity index is 746. The summed E-state index contributed by atoms with van der Waals surface area (Å²) >= 11 is 0. The van der Waals surface area contributed by atoms with Crippen LogP contribution in [0, 0.1) is 10.1 Å². The van der Waals surface area contributed by atoms with E-state index in [0.29, 0.717) is 0 Å². The molecule has 138 valence electrons. The maximum Gasteiger partial charge on any atom is 0.410 e. The molecule has 1 fully saturated rings. The highest BCUT2D eigenvalue weighted by Gasteiger charge is 2.32. The minimum absolute atomic E-state index is 0.0104. The van der Waals surface area contributed by atoms with Crippen LogP contribution in [-0.4, -0.2) is 60.4 Å². The summed E-state index contributed by atoms with van der Waals surface area (Å²) in [6.07, 6.45) is -0.472. The van der Waals surface area contributed by atoms with Crippen molar-refractivity contribution < 1.29 is 22.9 Å². The second kappa shape index (κ2) is 6.96. The smallest absolute Gasteiger partial charge is 0.410 e. The minimum atomic E-state index is -3.76. The molecule has 2 rings (SSSR count). The van der Waals surface area contributed by atoms with Gasteiger partial charge < -0.3 is 9.64 Å². The molecular formula is C15H21N3O6S. The third-order valence-electron chi connectivity index (χ3n) is 3.58. The van der Waals surface area contributed by atoms with E-state index in [1.807, 2.05) is 0 Å². The molecule has 1 saturated heterocycles. The number of nitro benzene ring substituents is 1. The third-order valence-corrected chi connectivity index (χ3v) is 5.49. The highest BCUT2D eigenvalue weighted by atomic mass is 32.2. The maximum absolute atomic E-state index is 12.6. The van der Waals surface area contributed by atoms with Crippen molar-refractivity contribution in [2.24, 2.45) is 0 Å². The van der Waals surface area contributed by atoms with Gasteiger partial charge in [-0.1, -0.05) is 0 Å². The van der Waals surface area contributed by atoms with Crippen molar-refractivity contribution in [1.82, 2.24) is 9.21 Å². The van der Waals surface area contributed by atoms with Crippen LogP contribution >= 0.6 is 0 Å². The van der Waals surface area contributed by atoms with E-state index >= 15 is 0 Å². The molecule has 0 aliphatic carbocycles. The summed E-state index contributed by atoms with van der Waals surface area (Å²) in [5.74, 6) is 0. The van der Waals surface area contributed by atoms with Crippen molar-refractivity contribution in [1.29, 1.82) is 0 Å². The van der Waals surface area contributed by atoms with Crippen molar-refractivity contribution >= 4 is 21.8 Å². The number of benzene rings is 1. The van der Waals surface area contributed by atoms with Crippen molar-refractivity contribution in [3.63, 3.8) is 0 Å². The van der Waals surface area contributed by atoms with Gasteiger partial charge >= 0.3 is 6.09 Å². The van der Waals surface area contributed by atoms with E-state index in [1.165, 1.54) is 21.3 Å². The van der Waals surface area contributed by atoms with Crippen LogP contribution in [0.5, 0.6) is 0 Å². The molecule has 1 heterocycles. The fourth-order valence-electron chi connectivity index (χ4n) is 2.33. The van der Waals surface area contributed by atoms with Gasteiger partial charge in [0, 0.05) is 38.3 Å². The minimum Gasteiger partial charge on any atom is -0.444 e. The summed E-state index contributed by atoms with van der Waals surface area (Å²) < 4.78 is 31.7. The monoisotopic (exact) mass is 371 g/mol. The number of piperazine rings is 1. The first-order valence-electron chi connectivity index (χ1n) is 7.73. The number of ether oxygens (including phenoxy) is 1. The number of non-ortho nitro benzene ring substituents is 1. The van der Waals surface area contributed by atoms with Crippen LogP contribution in [0.4, 0.5) is 10.5 Å². The molecule has 0 aromatic heterocycles. The van der Waals surface area contributed by atoms with Gasteiger partial charge in [0.05, 0.1) is 9.82 Å². The van der Waals surface area contributed by atoms with Crippen LogP contribution in [0.2, 0.25) is 0 Å². The molecule has 1 amide bonds. The first-order valence-corrected chi connectivity index (χ1v) is 9.17. The van der Waals surface area contributed by atoms with Gasteiger partial charge in [-0.05, 0) is 32.9 Å². The second-order valence-corrected chi connectivity index (χ2v) is 8.56. The Balaban J connectivity index is 2.03. The molecule has 25 heavy (non-hydrogen) atoms. The molecule has 1 aliphatic heterocycles. The molecule has 0 atom stereocenters. The summed E-state index contributed by atoms with van der Waals surface area (Å²) in [5, 5.41) is 10.7. The average molecular weight is 371 g/mol. The Kier molecular flexibility index (Phi) is 5.33. The Hall–Kier alpha value is -2.20. The van der Waals surface area contributed by atoms with Crippen LogP contribution in [-0.2, 0) is 14.8 Å². The van der Waals surface area contributed by atoms with Gasteiger partial charge in [0.25, 0.3) is 5.69 Å². The molecule has 0 bridgehead atoms. The lowest BCUT2D eigenvalue weighted by atomic mass is 10.2. The Morgan fingerprint density at radius 1 is 1.12 bits per heavy atom. The first kappa shape index (κ1) is 19.1. The number of hydrogen-bond donors (Lipinski definition) is 0. The molecule has 1 aromatic carbocycles.